The van der Waals surface area contributed by atoms with Crippen LogP contribution < -0.4 is 5.32 Å². The molecule has 1 saturated carbocycles. The summed E-state index contributed by atoms with van der Waals surface area (Å²) in [6.45, 7) is 2.36. The van der Waals surface area contributed by atoms with Gasteiger partial charge in [-0.25, -0.2) is 0 Å². The fourth-order valence-electron chi connectivity index (χ4n) is 3.44. The van der Waals surface area contributed by atoms with Gasteiger partial charge < -0.3 is 10.2 Å². The molecule has 0 aromatic carbocycles. The van der Waals surface area contributed by atoms with Crippen LogP contribution in [0.1, 0.15) is 32.1 Å². The summed E-state index contributed by atoms with van der Waals surface area (Å²) < 4.78 is 0. The fraction of sp³-hybridized carbons (Fsp3) is 0.750. The number of thiocarbonyl (C=S) groups is 1. The molecule has 3 aliphatic rings. The number of hydrogen-bond donors (Lipinski definition) is 1. The lowest BCUT2D eigenvalue weighted by Crippen LogP contribution is -2.43. The minimum absolute atomic E-state index is 0.733. The second kappa shape index (κ2) is 3.78. The van der Waals surface area contributed by atoms with Gasteiger partial charge in [0.05, 0.1) is 0 Å². The highest BCUT2D eigenvalue weighted by Gasteiger charge is 2.41. The van der Waals surface area contributed by atoms with Crippen LogP contribution in [0.2, 0.25) is 0 Å². The van der Waals surface area contributed by atoms with Crippen molar-refractivity contribution in [3.05, 3.63) is 11.4 Å². The van der Waals surface area contributed by atoms with Crippen molar-refractivity contribution in [3.63, 3.8) is 0 Å². The third kappa shape index (κ3) is 1.40. The van der Waals surface area contributed by atoms with Gasteiger partial charge in [-0.3, -0.25) is 0 Å². The van der Waals surface area contributed by atoms with E-state index in [4.69, 9.17) is 12.2 Å². The van der Waals surface area contributed by atoms with Crippen LogP contribution in [0.4, 0.5) is 0 Å². The summed E-state index contributed by atoms with van der Waals surface area (Å²) in [4.78, 5) is 2.59. The van der Waals surface area contributed by atoms with Crippen molar-refractivity contribution in [1.82, 2.24) is 10.2 Å². The SMILES string of the molecule is S=CC1=C2NCCCN2[C@@H]2CCCC[C@@H]12. The Morgan fingerprint density at radius 1 is 1.27 bits per heavy atom. The van der Waals surface area contributed by atoms with E-state index >= 15 is 0 Å². The zero-order valence-electron chi connectivity index (χ0n) is 9.04. The largest absolute Gasteiger partial charge is 0.371 e. The molecule has 82 valence electrons. The number of rotatable bonds is 1. The normalized spacial score (nSPS) is 34.5. The predicted octanol–water partition coefficient (Wildman–Crippen LogP) is 2.07. The van der Waals surface area contributed by atoms with Crippen molar-refractivity contribution in [1.29, 1.82) is 0 Å². The summed E-state index contributed by atoms with van der Waals surface area (Å²) in [6.07, 6.45) is 6.76. The summed E-state index contributed by atoms with van der Waals surface area (Å²) >= 11 is 5.20. The molecule has 0 aromatic heterocycles. The van der Waals surface area contributed by atoms with E-state index in [1.165, 1.54) is 50.0 Å². The van der Waals surface area contributed by atoms with Crippen molar-refractivity contribution >= 4 is 17.6 Å². The maximum atomic E-state index is 5.20. The van der Waals surface area contributed by atoms with E-state index in [1.54, 1.807) is 0 Å². The topological polar surface area (TPSA) is 15.3 Å². The quantitative estimate of drug-likeness (QED) is 0.684. The predicted molar refractivity (Wildman–Crippen MR) is 65.8 cm³/mol. The van der Waals surface area contributed by atoms with Crippen molar-refractivity contribution in [3.8, 4) is 0 Å². The average molecular weight is 222 g/mol. The molecule has 2 heterocycles. The minimum atomic E-state index is 0.733. The highest BCUT2D eigenvalue weighted by molar-refractivity contribution is 7.79. The number of nitrogens with one attached hydrogen (secondary N) is 1. The van der Waals surface area contributed by atoms with Gasteiger partial charge in [-0.1, -0.05) is 25.1 Å². The molecule has 0 spiro atoms. The van der Waals surface area contributed by atoms with Crippen LogP contribution in [0, 0.1) is 5.92 Å². The molecular formula is C12H18N2S. The Bertz CT molecular complexity index is 311. The first-order valence-electron chi connectivity index (χ1n) is 6.11. The van der Waals surface area contributed by atoms with Gasteiger partial charge in [0.25, 0.3) is 0 Å². The van der Waals surface area contributed by atoms with Crippen molar-refractivity contribution in [2.24, 2.45) is 5.92 Å². The van der Waals surface area contributed by atoms with Gasteiger partial charge in [0.2, 0.25) is 0 Å². The first kappa shape index (κ1) is 9.64. The lowest BCUT2D eigenvalue weighted by molar-refractivity contribution is 0.167. The summed E-state index contributed by atoms with van der Waals surface area (Å²) in [5.41, 5.74) is 1.43. The zero-order chi connectivity index (χ0) is 10.3. The first-order chi connectivity index (χ1) is 7.42. The number of nitrogens with zero attached hydrogens (tertiary/aromatic N) is 1. The van der Waals surface area contributed by atoms with Crippen molar-refractivity contribution < 1.29 is 0 Å². The first-order valence-corrected chi connectivity index (χ1v) is 6.59. The smallest absolute Gasteiger partial charge is 0.106 e. The van der Waals surface area contributed by atoms with Gasteiger partial charge in [0.1, 0.15) is 5.82 Å². The van der Waals surface area contributed by atoms with E-state index in [0.717, 1.165) is 18.5 Å². The Balaban J connectivity index is 1.95. The lowest BCUT2D eigenvalue weighted by Gasteiger charge is -2.37. The van der Waals surface area contributed by atoms with Crippen LogP contribution in [0.5, 0.6) is 0 Å². The summed E-state index contributed by atoms with van der Waals surface area (Å²) in [5.74, 6) is 2.10. The zero-order valence-corrected chi connectivity index (χ0v) is 9.85. The van der Waals surface area contributed by atoms with E-state index < -0.39 is 0 Å². The van der Waals surface area contributed by atoms with E-state index in [9.17, 15) is 0 Å². The summed E-state index contributed by atoms with van der Waals surface area (Å²) in [6, 6.07) is 0.760. The maximum Gasteiger partial charge on any atom is 0.106 e. The molecule has 15 heavy (non-hydrogen) atoms. The van der Waals surface area contributed by atoms with Gasteiger partial charge in [-0.05, 0) is 19.3 Å². The average Bonchev–Trinajstić information content (AvgIpc) is 2.63. The van der Waals surface area contributed by atoms with Gasteiger partial charge in [-0.2, -0.15) is 0 Å². The van der Waals surface area contributed by atoms with Crippen LogP contribution in [-0.2, 0) is 0 Å². The highest BCUT2D eigenvalue weighted by Crippen LogP contribution is 2.41. The van der Waals surface area contributed by atoms with Gasteiger partial charge in [-0.15, -0.1) is 0 Å². The highest BCUT2D eigenvalue weighted by atomic mass is 32.1. The third-order valence-corrected chi connectivity index (χ3v) is 4.34. The number of hydrogen-bond acceptors (Lipinski definition) is 3. The molecule has 0 amide bonds. The molecule has 0 unspecified atom stereocenters. The van der Waals surface area contributed by atoms with Crippen molar-refractivity contribution in [2.75, 3.05) is 13.1 Å². The van der Waals surface area contributed by atoms with Crippen LogP contribution in [0.25, 0.3) is 0 Å². The molecule has 3 heteroatoms. The molecule has 3 rings (SSSR count). The van der Waals surface area contributed by atoms with Gasteiger partial charge in [0.15, 0.2) is 0 Å². The monoisotopic (exact) mass is 222 g/mol. The molecule has 2 nitrogen and oxygen atoms in total. The van der Waals surface area contributed by atoms with Crippen LogP contribution in [0.3, 0.4) is 0 Å². The maximum absolute atomic E-state index is 5.20. The number of fused-ring (bicyclic) bond motifs is 3. The third-order valence-electron chi connectivity index (χ3n) is 4.09. The molecule has 2 aliphatic heterocycles. The fourth-order valence-corrected chi connectivity index (χ4v) is 3.72. The Morgan fingerprint density at radius 2 is 2.13 bits per heavy atom. The lowest BCUT2D eigenvalue weighted by atomic mass is 9.82. The van der Waals surface area contributed by atoms with Crippen LogP contribution in [0.15, 0.2) is 11.4 Å². The molecule has 0 bridgehead atoms. The molecule has 1 saturated heterocycles. The molecule has 1 N–H and O–H groups in total. The van der Waals surface area contributed by atoms with E-state index in [2.05, 4.69) is 10.2 Å². The van der Waals surface area contributed by atoms with Crippen LogP contribution >= 0.6 is 12.2 Å². The molecule has 2 atom stereocenters. The summed E-state index contributed by atoms with van der Waals surface area (Å²) in [7, 11) is 0. The second-order valence-corrected chi connectivity index (χ2v) is 5.09. The standard InChI is InChI=1S/C12H18N2S/c15-8-10-9-4-1-2-5-11(9)14-7-3-6-13-12(10)14/h8-9,11,13H,1-7H2/t9-,11+/m0/s1. The molecule has 1 aliphatic carbocycles. The molecule has 0 radical (unpaired) electrons. The Kier molecular flexibility index (Phi) is 2.43. The van der Waals surface area contributed by atoms with Crippen LogP contribution in [-0.4, -0.2) is 29.4 Å². The Morgan fingerprint density at radius 3 is 3.00 bits per heavy atom. The molecule has 0 aromatic rings. The molecule has 2 fully saturated rings. The van der Waals surface area contributed by atoms with Gasteiger partial charge in [0, 0.05) is 36.0 Å². The van der Waals surface area contributed by atoms with Gasteiger partial charge >= 0.3 is 0 Å². The Hall–Kier alpha value is -0.570. The second-order valence-electron chi connectivity index (χ2n) is 4.85. The Labute approximate surface area is 96.7 Å². The summed E-state index contributed by atoms with van der Waals surface area (Å²) in [5, 5.41) is 5.47. The van der Waals surface area contributed by atoms with E-state index in [-0.39, 0.29) is 0 Å². The molecular weight excluding hydrogens is 204 g/mol. The van der Waals surface area contributed by atoms with Crippen molar-refractivity contribution in [2.45, 2.75) is 38.1 Å². The van der Waals surface area contributed by atoms with E-state index in [1.807, 2.05) is 5.37 Å². The van der Waals surface area contributed by atoms with E-state index in [0.29, 0.717) is 0 Å². The minimum Gasteiger partial charge on any atom is -0.371 e.